The van der Waals surface area contributed by atoms with Crippen LogP contribution in [-0.2, 0) is 19.4 Å². The number of halogens is 2. The van der Waals surface area contributed by atoms with Gasteiger partial charge in [-0.2, -0.15) is 0 Å². The molecule has 2 N–H and O–H groups in total. The molecule has 0 amide bonds. The van der Waals surface area contributed by atoms with Crippen molar-refractivity contribution in [3.63, 3.8) is 0 Å². The maximum Gasteiger partial charge on any atom is 0.191 e. The van der Waals surface area contributed by atoms with Gasteiger partial charge in [-0.25, -0.2) is 4.98 Å². The minimum absolute atomic E-state index is 0. The predicted molar refractivity (Wildman–Crippen MR) is 128 cm³/mol. The zero-order valence-electron chi connectivity index (χ0n) is 17.0. The van der Waals surface area contributed by atoms with E-state index in [0.717, 1.165) is 48.0 Å². The first-order valence-corrected chi connectivity index (χ1v) is 9.97. The SMILES string of the molecule is CCOc1cc2c(cc1CNC(=NC)NCCc1ccc(Cl)nc1)OC(C)C2.I. The van der Waals surface area contributed by atoms with Crippen molar-refractivity contribution in [1.82, 2.24) is 15.6 Å². The number of nitrogens with one attached hydrogen (secondary N) is 2. The van der Waals surface area contributed by atoms with Crippen LogP contribution in [0.3, 0.4) is 0 Å². The lowest BCUT2D eigenvalue weighted by Crippen LogP contribution is -2.38. The van der Waals surface area contributed by atoms with Crippen LogP contribution in [0.25, 0.3) is 0 Å². The highest BCUT2D eigenvalue weighted by Crippen LogP contribution is 2.35. The van der Waals surface area contributed by atoms with Crippen LogP contribution in [0.4, 0.5) is 0 Å². The van der Waals surface area contributed by atoms with E-state index in [1.807, 2.05) is 13.0 Å². The molecule has 1 aromatic carbocycles. The maximum atomic E-state index is 5.89. The average Bonchev–Trinajstić information content (AvgIpc) is 3.05. The number of nitrogens with zero attached hydrogens (tertiary/aromatic N) is 2. The van der Waals surface area contributed by atoms with Crippen molar-refractivity contribution in [3.8, 4) is 11.5 Å². The van der Waals surface area contributed by atoms with E-state index in [0.29, 0.717) is 18.3 Å². The van der Waals surface area contributed by atoms with E-state index in [1.165, 1.54) is 5.56 Å². The highest BCUT2D eigenvalue weighted by Gasteiger charge is 2.21. The fraction of sp³-hybridized carbons (Fsp3) is 0.429. The zero-order chi connectivity index (χ0) is 19.9. The standard InChI is InChI=1S/C21H27ClN4O2.HI/c1-4-27-18-10-16-9-14(2)28-19(16)11-17(18)13-26-21(23-3)24-8-7-15-5-6-20(22)25-12-15;/h5-6,10-12,14H,4,7-9,13H2,1-3H3,(H2,23,24,26);1H. The summed E-state index contributed by atoms with van der Waals surface area (Å²) in [6.45, 7) is 6.05. The van der Waals surface area contributed by atoms with Crippen LogP contribution in [0.1, 0.15) is 30.5 Å². The maximum absolute atomic E-state index is 5.89. The smallest absolute Gasteiger partial charge is 0.191 e. The van der Waals surface area contributed by atoms with Crippen molar-refractivity contribution in [2.75, 3.05) is 20.2 Å². The Morgan fingerprint density at radius 2 is 2.17 bits per heavy atom. The molecule has 3 rings (SSSR count). The fourth-order valence-corrected chi connectivity index (χ4v) is 3.30. The van der Waals surface area contributed by atoms with Gasteiger partial charge in [-0.3, -0.25) is 4.99 Å². The molecular formula is C21H28ClIN4O2. The lowest BCUT2D eigenvalue weighted by molar-refractivity contribution is 0.254. The van der Waals surface area contributed by atoms with Gasteiger partial charge in [0, 0.05) is 43.9 Å². The van der Waals surface area contributed by atoms with Crippen molar-refractivity contribution in [3.05, 3.63) is 52.3 Å². The van der Waals surface area contributed by atoms with Gasteiger partial charge in [0.1, 0.15) is 22.8 Å². The second-order valence-electron chi connectivity index (χ2n) is 6.72. The molecular weight excluding hydrogens is 503 g/mol. The van der Waals surface area contributed by atoms with Crippen LogP contribution in [-0.4, -0.2) is 37.2 Å². The van der Waals surface area contributed by atoms with Crippen LogP contribution < -0.4 is 20.1 Å². The number of ether oxygens (including phenoxy) is 2. The van der Waals surface area contributed by atoms with Gasteiger partial charge in [-0.1, -0.05) is 17.7 Å². The molecule has 0 saturated heterocycles. The molecule has 29 heavy (non-hydrogen) atoms. The van der Waals surface area contributed by atoms with E-state index in [2.05, 4.69) is 39.7 Å². The number of aliphatic imine (C=N–C) groups is 1. The van der Waals surface area contributed by atoms with Gasteiger partial charge in [-0.05, 0) is 44.0 Å². The molecule has 1 aliphatic rings. The Hall–Kier alpha value is -1.74. The van der Waals surface area contributed by atoms with Crippen molar-refractivity contribution in [1.29, 1.82) is 0 Å². The number of hydrogen-bond donors (Lipinski definition) is 2. The molecule has 0 radical (unpaired) electrons. The molecule has 8 heteroatoms. The van der Waals surface area contributed by atoms with Gasteiger partial charge in [0.05, 0.1) is 6.61 Å². The molecule has 0 fully saturated rings. The molecule has 2 aromatic rings. The molecule has 0 bridgehead atoms. The third-order valence-electron chi connectivity index (χ3n) is 4.54. The van der Waals surface area contributed by atoms with Crippen LogP contribution in [0.15, 0.2) is 35.5 Å². The van der Waals surface area contributed by atoms with Crippen LogP contribution in [0, 0.1) is 0 Å². The summed E-state index contributed by atoms with van der Waals surface area (Å²) in [5.74, 6) is 2.58. The quantitative estimate of drug-likeness (QED) is 0.245. The van der Waals surface area contributed by atoms with Crippen molar-refractivity contribution >= 4 is 41.5 Å². The Kier molecular flexibility index (Phi) is 9.29. The van der Waals surface area contributed by atoms with Crippen LogP contribution in [0.5, 0.6) is 11.5 Å². The Labute approximate surface area is 194 Å². The monoisotopic (exact) mass is 530 g/mol. The summed E-state index contributed by atoms with van der Waals surface area (Å²) in [4.78, 5) is 8.39. The zero-order valence-corrected chi connectivity index (χ0v) is 20.1. The Balaban J connectivity index is 0.00000300. The summed E-state index contributed by atoms with van der Waals surface area (Å²) >= 11 is 5.82. The summed E-state index contributed by atoms with van der Waals surface area (Å²) in [5.41, 5.74) is 3.38. The van der Waals surface area contributed by atoms with E-state index in [1.54, 1.807) is 19.3 Å². The van der Waals surface area contributed by atoms with Gasteiger partial charge in [0.25, 0.3) is 0 Å². The summed E-state index contributed by atoms with van der Waals surface area (Å²) in [6.07, 6.45) is 3.76. The molecule has 0 saturated carbocycles. The third kappa shape index (κ3) is 6.64. The highest BCUT2D eigenvalue weighted by molar-refractivity contribution is 14.0. The van der Waals surface area contributed by atoms with E-state index in [4.69, 9.17) is 21.1 Å². The van der Waals surface area contributed by atoms with Gasteiger partial charge >= 0.3 is 0 Å². The largest absolute Gasteiger partial charge is 0.494 e. The third-order valence-corrected chi connectivity index (χ3v) is 4.77. The molecule has 2 heterocycles. The molecule has 6 nitrogen and oxygen atoms in total. The van der Waals surface area contributed by atoms with E-state index in [-0.39, 0.29) is 30.1 Å². The predicted octanol–water partition coefficient (Wildman–Crippen LogP) is 3.98. The number of fused-ring (bicyclic) bond motifs is 1. The van der Waals surface area contributed by atoms with Gasteiger partial charge in [0.2, 0.25) is 0 Å². The first-order chi connectivity index (χ1) is 13.6. The second-order valence-corrected chi connectivity index (χ2v) is 7.11. The van der Waals surface area contributed by atoms with Gasteiger partial charge in [-0.15, -0.1) is 24.0 Å². The van der Waals surface area contributed by atoms with Crippen molar-refractivity contribution in [2.24, 2.45) is 4.99 Å². The van der Waals surface area contributed by atoms with E-state index in [9.17, 15) is 0 Å². The number of pyridine rings is 1. The van der Waals surface area contributed by atoms with E-state index < -0.39 is 0 Å². The number of benzene rings is 1. The molecule has 0 aliphatic carbocycles. The van der Waals surface area contributed by atoms with E-state index >= 15 is 0 Å². The minimum Gasteiger partial charge on any atom is -0.494 e. The van der Waals surface area contributed by atoms with Gasteiger partial charge in [0.15, 0.2) is 5.96 Å². The first-order valence-electron chi connectivity index (χ1n) is 9.59. The highest BCUT2D eigenvalue weighted by atomic mass is 127. The van der Waals surface area contributed by atoms with Gasteiger partial charge < -0.3 is 20.1 Å². The van der Waals surface area contributed by atoms with Crippen molar-refractivity contribution < 1.29 is 9.47 Å². The Bertz CT molecular complexity index is 830. The number of guanidine groups is 1. The lowest BCUT2D eigenvalue weighted by Gasteiger charge is -2.15. The average molecular weight is 531 g/mol. The van der Waals surface area contributed by atoms with Crippen molar-refractivity contribution in [2.45, 2.75) is 39.3 Å². The summed E-state index contributed by atoms with van der Waals surface area (Å²) in [7, 11) is 1.76. The molecule has 1 unspecified atom stereocenters. The van der Waals surface area contributed by atoms with Crippen LogP contribution in [0.2, 0.25) is 5.15 Å². The minimum atomic E-state index is 0. The fourth-order valence-electron chi connectivity index (χ4n) is 3.19. The molecule has 0 spiro atoms. The molecule has 158 valence electrons. The summed E-state index contributed by atoms with van der Waals surface area (Å²) in [5, 5.41) is 7.18. The lowest BCUT2D eigenvalue weighted by atomic mass is 10.1. The topological polar surface area (TPSA) is 67.8 Å². The second kappa shape index (κ2) is 11.4. The molecule has 1 aromatic heterocycles. The normalized spacial score (nSPS) is 15.2. The summed E-state index contributed by atoms with van der Waals surface area (Å²) < 4.78 is 11.7. The number of rotatable bonds is 7. The Morgan fingerprint density at radius 1 is 1.34 bits per heavy atom. The Morgan fingerprint density at radius 3 is 2.86 bits per heavy atom. The molecule has 1 aliphatic heterocycles. The number of hydrogen-bond acceptors (Lipinski definition) is 4. The van der Waals surface area contributed by atoms with Crippen LogP contribution >= 0.6 is 35.6 Å². The number of aromatic nitrogens is 1. The summed E-state index contributed by atoms with van der Waals surface area (Å²) in [6, 6.07) is 7.95. The first kappa shape index (κ1) is 23.5. The molecule has 1 atom stereocenters.